The number of aryl methyl sites for hydroxylation is 1. The Morgan fingerprint density at radius 3 is 2.54 bits per heavy atom. The molecule has 3 atom stereocenters. The second kappa shape index (κ2) is 13.0. The van der Waals surface area contributed by atoms with Crippen molar-refractivity contribution in [3.05, 3.63) is 65.7 Å². The van der Waals surface area contributed by atoms with Crippen molar-refractivity contribution in [2.75, 3.05) is 33.8 Å². The van der Waals surface area contributed by atoms with E-state index in [1.165, 1.54) is 18.4 Å². The number of likely N-dealkylation sites (tertiary alicyclic amines) is 1. The van der Waals surface area contributed by atoms with E-state index in [0.717, 1.165) is 88.2 Å². The lowest BCUT2D eigenvalue weighted by atomic mass is 9.55. The van der Waals surface area contributed by atoms with Crippen LogP contribution in [0.4, 0.5) is 0 Å². The van der Waals surface area contributed by atoms with E-state index < -0.39 is 5.60 Å². The number of hydrogen-bond acceptors (Lipinski definition) is 5. The number of unbranched alkanes of at least 4 members (excludes halogenated alkanes) is 2. The first-order valence-corrected chi connectivity index (χ1v) is 15.7. The first kappa shape index (κ1) is 29.6. The molecule has 1 heterocycles. The van der Waals surface area contributed by atoms with E-state index in [4.69, 9.17) is 9.47 Å². The van der Waals surface area contributed by atoms with Crippen LogP contribution in [0, 0.1) is 5.92 Å². The molecule has 1 saturated heterocycles. The topological polar surface area (TPSA) is 59.1 Å². The van der Waals surface area contributed by atoms with Gasteiger partial charge in [-0.1, -0.05) is 48.9 Å². The number of ether oxygens (including phenoxy) is 2. The van der Waals surface area contributed by atoms with E-state index in [1.807, 2.05) is 24.1 Å². The van der Waals surface area contributed by atoms with Crippen molar-refractivity contribution in [2.45, 2.75) is 94.6 Å². The fourth-order valence-electron chi connectivity index (χ4n) is 7.54. The zero-order valence-corrected chi connectivity index (χ0v) is 25.3. The van der Waals surface area contributed by atoms with Gasteiger partial charge >= 0.3 is 5.97 Å². The molecule has 3 aliphatic rings. The van der Waals surface area contributed by atoms with Crippen LogP contribution >= 0.6 is 0 Å². The van der Waals surface area contributed by atoms with Gasteiger partial charge < -0.3 is 14.4 Å². The summed E-state index contributed by atoms with van der Waals surface area (Å²) < 4.78 is 12.1. The van der Waals surface area contributed by atoms with E-state index in [-0.39, 0.29) is 23.3 Å². The largest absolute Gasteiger partial charge is 0.497 e. The second-order valence-corrected chi connectivity index (χ2v) is 12.8. The number of fused-ring (bicyclic) bond motifs is 1. The molecule has 0 aromatic heterocycles. The van der Waals surface area contributed by atoms with Gasteiger partial charge in [0.2, 0.25) is 5.91 Å². The van der Waals surface area contributed by atoms with Gasteiger partial charge in [-0.05, 0) is 93.5 Å². The number of methoxy groups -OCH3 is 1. The minimum atomic E-state index is -0.615. The van der Waals surface area contributed by atoms with E-state index >= 15 is 0 Å². The molecule has 0 radical (unpaired) electrons. The molecule has 6 nitrogen and oxygen atoms in total. The van der Waals surface area contributed by atoms with Crippen LogP contribution in [0.25, 0.3) is 0 Å². The summed E-state index contributed by atoms with van der Waals surface area (Å²) in [5.41, 5.74) is 1.53. The molecule has 0 unspecified atom stereocenters. The van der Waals surface area contributed by atoms with Gasteiger partial charge in [-0.15, -0.1) is 0 Å². The van der Waals surface area contributed by atoms with Crippen molar-refractivity contribution < 1.29 is 19.1 Å². The van der Waals surface area contributed by atoms with E-state index in [9.17, 15) is 9.59 Å². The van der Waals surface area contributed by atoms with Crippen molar-refractivity contribution >= 4 is 11.9 Å². The summed E-state index contributed by atoms with van der Waals surface area (Å²) in [6.07, 6.45) is 10.6. The van der Waals surface area contributed by atoms with Gasteiger partial charge in [0.15, 0.2) is 0 Å². The Bertz CT molecular complexity index is 1180. The van der Waals surface area contributed by atoms with Crippen LogP contribution in [-0.4, -0.2) is 67.1 Å². The lowest BCUT2D eigenvalue weighted by Crippen LogP contribution is -2.68. The number of rotatable bonds is 12. The average molecular weight is 561 g/mol. The molecule has 6 heteroatoms. The standard InChI is InChI=1S/C35H48N2O4/c1-27(38)41-35-20-19-31(36(2)33(39)16-9-5-8-13-28-11-6-4-7-12-28)24-34(35,30-14-10-15-32(23-30)40-3)21-22-37(26-35)25-29-17-18-29/h4,6-7,10-12,14-15,23,29,31H,5,8-9,13,16-22,24-26H2,1-3H3/t31-,34-,35-/m0/s1. The maximum atomic E-state index is 13.4. The summed E-state index contributed by atoms with van der Waals surface area (Å²) >= 11 is 0. The van der Waals surface area contributed by atoms with Gasteiger partial charge in [0, 0.05) is 44.9 Å². The van der Waals surface area contributed by atoms with Gasteiger partial charge in [0.25, 0.3) is 0 Å². The molecule has 2 aromatic rings. The molecular formula is C35H48N2O4. The Kier molecular flexibility index (Phi) is 9.38. The summed E-state index contributed by atoms with van der Waals surface area (Å²) in [6.45, 7) is 4.36. The third-order valence-electron chi connectivity index (χ3n) is 9.99. The smallest absolute Gasteiger partial charge is 0.303 e. The van der Waals surface area contributed by atoms with Crippen LogP contribution in [0.5, 0.6) is 5.75 Å². The van der Waals surface area contributed by atoms with Crippen LogP contribution in [0.2, 0.25) is 0 Å². The molecular weight excluding hydrogens is 512 g/mol. The van der Waals surface area contributed by atoms with Crippen molar-refractivity contribution in [1.82, 2.24) is 9.80 Å². The Hall–Kier alpha value is -2.86. The Labute approximate surface area is 246 Å². The minimum Gasteiger partial charge on any atom is -0.497 e. The number of esters is 1. The highest BCUT2D eigenvalue weighted by molar-refractivity contribution is 5.76. The zero-order valence-electron chi connectivity index (χ0n) is 25.3. The number of hydrogen-bond donors (Lipinski definition) is 0. The van der Waals surface area contributed by atoms with Crippen LogP contribution in [0.1, 0.15) is 82.3 Å². The monoisotopic (exact) mass is 560 g/mol. The average Bonchev–Trinajstić information content (AvgIpc) is 3.80. The first-order valence-electron chi connectivity index (χ1n) is 15.7. The van der Waals surface area contributed by atoms with Gasteiger partial charge in [0.1, 0.15) is 11.4 Å². The van der Waals surface area contributed by atoms with Crippen molar-refractivity contribution in [2.24, 2.45) is 5.92 Å². The van der Waals surface area contributed by atoms with Crippen LogP contribution in [-0.2, 0) is 26.2 Å². The highest BCUT2D eigenvalue weighted by atomic mass is 16.6. The summed E-state index contributed by atoms with van der Waals surface area (Å²) in [7, 11) is 3.68. The lowest BCUT2D eigenvalue weighted by Gasteiger charge is -2.60. The molecule has 2 aliphatic carbocycles. The molecule has 1 aliphatic heterocycles. The molecule has 2 saturated carbocycles. The maximum absolute atomic E-state index is 13.4. The molecule has 2 aromatic carbocycles. The number of amides is 1. The number of nitrogens with zero attached hydrogens (tertiary/aromatic N) is 2. The Morgan fingerprint density at radius 1 is 1.00 bits per heavy atom. The summed E-state index contributed by atoms with van der Waals surface area (Å²) in [6, 6.07) is 19.0. The SMILES string of the molecule is COc1cccc([C@@]23CCN(CC4CC4)C[C@@]2(OC(C)=O)CC[C@H](N(C)C(=O)CCCCCc2ccccc2)C3)c1. The first-order chi connectivity index (χ1) is 19.8. The predicted molar refractivity (Wildman–Crippen MR) is 162 cm³/mol. The van der Waals surface area contributed by atoms with Gasteiger partial charge in [-0.3, -0.25) is 14.5 Å². The fraction of sp³-hybridized carbons (Fsp3) is 0.600. The maximum Gasteiger partial charge on any atom is 0.303 e. The van der Waals surface area contributed by atoms with Crippen LogP contribution in [0.3, 0.4) is 0 Å². The third-order valence-corrected chi connectivity index (χ3v) is 9.99. The second-order valence-electron chi connectivity index (χ2n) is 12.8. The van der Waals surface area contributed by atoms with Crippen LogP contribution < -0.4 is 4.74 Å². The van der Waals surface area contributed by atoms with Gasteiger partial charge in [-0.25, -0.2) is 0 Å². The molecule has 3 fully saturated rings. The van der Waals surface area contributed by atoms with Crippen molar-refractivity contribution in [3.8, 4) is 5.75 Å². The quantitative estimate of drug-likeness (QED) is 0.230. The lowest BCUT2D eigenvalue weighted by molar-refractivity contribution is -0.190. The molecule has 0 bridgehead atoms. The number of carbonyl (C=O) groups is 2. The highest BCUT2D eigenvalue weighted by Gasteiger charge is 2.61. The zero-order chi connectivity index (χ0) is 28.9. The van der Waals surface area contributed by atoms with Crippen molar-refractivity contribution in [3.63, 3.8) is 0 Å². The van der Waals surface area contributed by atoms with Gasteiger partial charge in [0.05, 0.1) is 7.11 Å². The summed E-state index contributed by atoms with van der Waals surface area (Å²) in [5.74, 6) is 1.60. The Morgan fingerprint density at radius 2 is 1.80 bits per heavy atom. The number of benzene rings is 2. The van der Waals surface area contributed by atoms with Gasteiger partial charge in [-0.2, -0.15) is 0 Å². The Balaban J connectivity index is 1.31. The summed E-state index contributed by atoms with van der Waals surface area (Å²) in [5, 5.41) is 0. The van der Waals surface area contributed by atoms with E-state index in [2.05, 4.69) is 47.4 Å². The third kappa shape index (κ3) is 6.80. The number of carbonyl (C=O) groups excluding carboxylic acids is 2. The van der Waals surface area contributed by atoms with Crippen LogP contribution in [0.15, 0.2) is 54.6 Å². The van der Waals surface area contributed by atoms with E-state index in [1.54, 1.807) is 14.0 Å². The fourth-order valence-corrected chi connectivity index (χ4v) is 7.54. The minimum absolute atomic E-state index is 0.108. The predicted octanol–water partition coefficient (Wildman–Crippen LogP) is 6.16. The molecule has 5 rings (SSSR count). The van der Waals surface area contributed by atoms with E-state index in [0.29, 0.717) is 6.42 Å². The normalized spacial score (nSPS) is 26.2. The molecule has 1 amide bonds. The molecule has 41 heavy (non-hydrogen) atoms. The van der Waals surface area contributed by atoms with Crippen molar-refractivity contribution in [1.29, 1.82) is 0 Å². The molecule has 0 spiro atoms. The summed E-state index contributed by atoms with van der Waals surface area (Å²) in [4.78, 5) is 30.6. The molecule has 0 N–H and O–H groups in total. The number of piperidine rings is 1. The molecule has 222 valence electrons. The highest BCUT2D eigenvalue weighted by Crippen LogP contribution is 2.55.